The van der Waals surface area contributed by atoms with Crippen molar-refractivity contribution >= 4 is 60.5 Å². The van der Waals surface area contributed by atoms with Gasteiger partial charge in [-0.1, -0.05) is 44.0 Å². The van der Waals surface area contributed by atoms with E-state index in [9.17, 15) is 24.3 Å². The van der Waals surface area contributed by atoms with Crippen LogP contribution in [0.3, 0.4) is 0 Å². The first-order valence-corrected chi connectivity index (χ1v) is 14.9. The van der Waals surface area contributed by atoms with Crippen molar-refractivity contribution in [2.24, 2.45) is 5.92 Å². The van der Waals surface area contributed by atoms with Crippen molar-refractivity contribution in [1.29, 1.82) is 0 Å². The van der Waals surface area contributed by atoms with E-state index < -0.39 is 35.9 Å². The molecule has 5 N–H and O–H groups in total. The lowest BCUT2D eigenvalue weighted by Gasteiger charge is -2.28. The van der Waals surface area contributed by atoms with Crippen LogP contribution in [0.25, 0.3) is 0 Å². The van der Waals surface area contributed by atoms with E-state index >= 15 is 0 Å². The number of amides is 4. The second kappa shape index (κ2) is 19.2. The van der Waals surface area contributed by atoms with Gasteiger partial charge in [0.2, 0.25) is 17.7 Å². The first kappa shape index (κ1) is 35.1. The highest BCUT2D eigenvalue weighted by Gasteiger charge is 2.32. The summed E-state index contributed by atoms with van der Waals surface area (Å²) in [5, 5.41) is 22.0. The number of aliphatic hydroxyl groups excluding tert-OH is 1. The number of rotatable bonds is 18. The molecule has 9 nitrogen and oxygen atoms in total. The first-order valence-electron chi connectivity index (χ1n) is 13.3. The molecule has 220 valence electrons. The van der Waals surface area contributed by atoms with Gasteiger partial charge in [0.05, 0.1) is 12.6 Å². The normalized spacial score (nSPS) is 14.2. The van der Waals surface area contributed by atoms with Gasteiger partial charge in [0.1, 0.15) is 6.04 Å². The van der Waals surface area contributed by atoms with Crippen LogP contribution in [0.1, 0.15) is 58.4 Å². The smallest absolute Gasteiger partial charge is 0.250 e. The van der Waals surface area contributed by atoms with Crippen LogP contribution in [0.15, 0.2) is 24.3 Å². The van der Waals surface area contributed by atoms with Crippen LogP contribution in [0.5, 0.6) is 0 Å². The largest absolute Gasteiger partial charge is 0.381 e. The second-order valence-corrected chi connectivity index (χ2v) is 11.4. The van der Waals surface area contributed by atoms with Crippen LogP contribution >= 0.6 is 36.9 Å². The van der Waals surface area contributed by atoms with Crippen LogP contribution in [0.4, 0.5) is 0 Å². The van der Waals surface area contributed by atoms with Crippen LogP contribution in [0.2, 0.25) is 5.02 Å². The van der Waals surface area contributed by atoms with Crippen molar-refractivity contribution in [3.63, 3.8) is 0 Å². The molecule has 0 aliphatic heterocycles. The molecule has 0 bridgehead atoms. The summed E-state index contributed by atoms with van der Waals surface area (Å²) in [5.74, 6) is -1.44. The Bertz CT molecular complexity index is 920. The summed E-state index contributed by atoms with van der Waals surface area (Å²) in [5.41, 5.74) is 0.757. The van der Waals surface area contributed by atoms with E-state index in [0.29, 0.717) is 24.4 Å². The number of carbonyl (C=O) groups is 4. The summed E-state index contributed by atoms with van der Waals surface area (Å²) in [4.78, 5) is 50.2. The second-order valence-electron chi connectivity index (χ2n) is 9.76. The Labute approximate surface area is 247 Å². The lowest BCUT2D eigenvalue weighted by molar-refractivity contribution is -0.134. The maximum absolute atomic E-state index is 13.2. The Kier molecular flexibility index (Phi) is 17.3. The van der Waals surface area contributed by atoms with Gasteiger partial charge < -0.3 is 26.4 Å². The number of hydrogen-bond acceptors (Lipinski definition) is 7. The molecule has 0 aromatic heterocycles. The third-order valence-corrected chi connectivity index (χ3v) is 7.09. The fourth-order valence-corrected chi connectivity index (χ4v) is 4.79. The Morgan fingerprint density at radius 2 is 1.62 bits per heavy atom. The lowest BCUT2D eigenvalue weighted by Crippen LogP contribution is -2.58. The number of thiol groups is 2. The monoisotopic (exact) mass is 602 g/mol. The predicted octanol–water partition coefficient (Wildman–Crippen LogP) is 2.30. The molecular formula is C27H43ClN4O5S2. The Morgan fingerprint density at radius 1 is 0.949 bits per heavy atom. The van der Waals surface area contributed by atoms with Gasteiger partial charge in [-0.25, -0.2) is 0 Å². The third-order valence-electron chi connectivity index (χ3n) is 6.06. The zero-order valence-electron chi connectivity index (χ0n) is 22.9. The van der Waals surface area contributed by atoms with E-state index in [0.717, 1.165) is 30.6 Å². The van der Waals surface area contributed by atoms with Crippen molar-refractivity contribution in [2.45, 2.75) is 82.7 Å². The van der Waals surface area contributed by atoms with Crippen molar-refractivity contribution in [2.75, 3.05) is 18.8 Å². The number of unbranched alkanes of at least 4 members (excludes halogenated alkanes) is 1. The van der Waals surface area contributed by atoms with Gasteiger partial charge in [-0.05, 0) is 62.0 Å². The van der Waals surface area contributed by atoms with E-state index in [-0.39, 0.29) is 30.0 Å². The molecule has 0 aliphatic rings. The summed E-state index contributed by atoms with van der Waals surface area (Å²) in [6.07, 6.45) is 2.31. The third kappa shape index (κ3) is 14.3. The Hall–Kier alpha value is -1.95. The van der Waals surface area contributed by atoms with Gasteiger partial charge in [0.25, 0.3) is 5.91 Å². The molecule has 12 heteroatoms. The fraction of sp³-hybridized carbons (Fsp3) is 0.630. The minimum atomic E-state index is -1.51. The van der Waals surface area contributed by atoms with Crippen LogP contribution < -0.4 is 21.3 Å². The summed E-state index contributed by atoms with van der Waals surface area (Å²) in [6.45, 7) is 5.31. The zero-order chi connectivity index (χ0) is 29.4. The topological polar surface area (TPSA) is 137 Å². The molecule has 1 aromatic rings. The van der Waals surface area contributed by atoms with Crippen molar-refractivity contribution < 1.29 is 24.3 Å². The number of carbonyl (C=O) groups excluding carboxylic acids is 4. The molecule has 0 saturated carbocycles. The van der Waals surface area contributed by atoms with Gasteiger partial charge in [-0.15, -0.1) is 0 Å². The van der Waals surface area contributed by atoms with Crippen LogP contribution in [-0.4, -0.2) is 71.0 Å². The summed E-state index contributed by atoms with van der Waals surface area (Å²) in [7, 11) is 0. The van der Waals surface area contributed by atoms with Gasteiger partial charge >= 0.3 is 0 Å². The van der Waals surface area contributed by atoms with E-state index in [2.05, 4.69) is 46.5 Å². The molecule has 4 atom stereocenters. The number of halogens is 1. The van der Waals surface area contributed by atoms with Gasteiger partial charge in [0, 0.05) is 23.2 Å². The quantitative estimate of drug-likeness (QED) is 0.102. The maximum Gasteiger partial charge on any atom is 0.250 e. The highest BCUT2D eigenvalue weighted by Crippen LogP contribution is 2.14. The minimum absolute atomic E-state index is 0.165. The standard InChI is InChI=1S/C27H43ClN4O5S2/c1-4-29-27(37)25(35)21(15-18-9-11-19(28)12-10-18)31-26(36)24(17(2)3)32-23(34)16-30-22(33)8-6-5-7-20(39)13-14-38/h9-12,17,20-21,24-25,35,38-39H,4-8,13-16H2,1-3H3,(H,29,37)(H,30,33)(H,31,36)(H,32,34)/t20?,21-,24-,25?/m0/s1. The molecule has 0 spiro atoms. The molecule has 0 fully saturated rings. The summed E-state index contributed by atoms with van der Waals surface area (Å²) < 4.78 is 0. The number of nitrogens with one attached hydrogen (secondary N) is 4. The molecule has 39 heavy (non-hydrogen) atoms. The molecule has 0 radical (unpaired) electrons. The highest BCUT2D eigenvalue weighted by atomic mass is 35.5. The number of aliphatic hydroxyl groups is 1. The van der Waals surface area contributed by atoms with Gasteiger partial charge in [-0.3, -0.25) is 19.2 Å². The molecule has 1 aromatic carbocycles. The predicted molar refractivity (Wildman–Crippen MR) is 161 cm³/mol. The van der Waals surface area contributed by atoms with Crippen LogP contribution in [0, 0.1) is 5.92 Å². The average Bonchev–Trinajstić information content (AvgIpc) is 2.89. The van der Waals surface area contributed by atoms with Crippen molar-refractivity contribution in [3.8, 4) is 0 Å². The SMILES string of the molecule is CCNC(=O)C(O)[C@H](Cc1ccc(Cl)cc1)NC(=O)[C@@H](NC(=O)CNC(=O)CCCCC(S)CCS)C(C)C. The lowest BCUT2D eigenvalue weighted by atomic mass is 9.98. The molecule has 0 saturated heterocycles. The molecule has 0 heterocycles. The number of benzene rings is 1. The highest BCUT2D eigenvalue weighted by molar-refractivity contribution is 7.81. The first-order chi connectivity index (χ1) is 18.5. The fourth-order valence-electron chi connectivity index (χ4n) is 3.84. The van der Waals surface area contributed by atoms with Gasteiger partial charge in [0.15, 0.2) is 6.10 Å². The van der Waals surface area contributed by atoms with Gasteiger partial charge in [-0.2, -0.15) is 25.3 Å². The summed E-state index contributed by atoms with van der Waals surface area (Å²) >= 11 is 14.6. The van der Waals surface area contributed by atoms with E-state index in [4.69, 9.17) is 11.6 Å². The number of likely N-dealkylation sites (N-methyl/N-ethyl adjacent to an activating group) is 1. The van der Waals surface area contributed by atoms with Crippen LogP contribution in [-0.2, 0) is 25.6 Å². The Balaban J connectivity index is 2.72. The minimum Gasteiger partial charge on any atom is -0.381 e. The van der Waals surface area contributed by atoms with Crippen molar-refractivity contribution in [1.82, 2.24) is 21.3 Å². The van der Waals surface area contributed by atoms with E-state index in [1.165, 1.54) is 0 Å². The zero-order valence-corrected chi connectivity index (χ0v) is 25.5. The molecule has 1 rings (SSSR count). The summed E-state index contributed by atoms with van der Waals surface area (Å²) in [6, 6.07) is 4.96. The maximum atomic E-state index is 13.2. The molecule has 4 amide bonds. The van der Waals surface area contributed by atoms with E-state index in [1.54, 1.807) is 45.0 Å². The molecule has 2 unspecified atom stereocenters. The average molecular weight is 603 g/mol. The Morgan fingerprint density at radius 3 is 2.21 bits per heavy atom. The molecular weight excluding hydrogens is 560 g/mol. The molecule has 0 aliphatic carbocycles. The number of hydrogen-bond donors (Lipinski definition) is 7. The van der Waals surface area contributed by atoms with Crippen molar-refractivity contribution in [3.05, 3.63) is 34.9 Å². The van der Waals surface area contributed by atoms with E-state index in [1.807, 2.05) is 0 Å².